The number of piperazine rings is 1. The summed E-state index contributed by atoms with van der Waals surface area (Å²) in [6.45, 7) is 2.39. The predicted molar refractivity (Wildman–Crippen MR) is 92.9 cm³/mol. The highest BCUT2D eigenvalue weighted by atomic mass is 19.4. The number of carbonyl (C=O) groups is 1. The second-order valence-corrected chi connectivity index (χ2v) is 6.22. The van der Waals surface area contributed by atoms with Gasteiger partial charge in [-0.1, -0.05) is 6.07 Å². The SMILES string of the molecule is O=C(CN1CCN(c2ccc(C(F)(F)F)cn2)CC1)Nc1cccc(F)c1. The molecular weight excluding hydrogens is 364 g/mol. The molecule has 2 aromatic rings. The molecule has 1 N–H and O–H groups in total. The van der Waals surface area contributed by atoms with E-state index in [0.717, 1.165) is 12.3 Å². The molecule has 144 valence electrons. The Morgan fingerprint density at radius 2 is 1.85 bits per heavy atom. The van der Waals surface area contributed by atoms with Crippen LogP contribution in [0.1, 0.15) is 5.56 Å². The summed E-state index contributed by atoms with van der Waals surface area (Å²) in [6, 6.07) is 8.03. The van der Waals surface area contributed by atoms with Crippen LogP contribution in [-0.2, 0) is 11.0 Å². The molecule has 1 aliphatic heterocycles. The molecule has 1 aliphatic rings. The van der Waals surface area contributed by atoms with E-state index >= 15 is 0 Å². The minimum atomic E-state index is -4.40. The van der Waals surface area contributed by atoms with Crippen molar-refractivity contribution < 1.29 is 22.4 Å². The van der Waals surface area contributed by atoms with Crippen LogP contribution < -0.4 is 10.2 Å². The lowest BCUT2D eigenvalue weighted by Crippen LogP contribution is -2.48. The monoisotopic (exact) mass is 382 g/mol. The van der Waals surface area contributed by atoms with E-state index in [1.54, 1.807) is 6.07 Å². The van der Waals surface area contributed by atoms with E-state index in [9.17, 15) is 22.4 Å². The van der Waals surface area contributed by atoms with Crippen LogP contribution >= 0.6 is 0 Å². The molecule has 1 saturated heterocycles. The van der Waals surface area contributed by atoms with Crippen LogP contribution in [-0.4, -0.2) is 48.5 Å². The van der Waals surface area contributed by atoms with Crippen molar-refractivity contribution in [2.24, 2.45) is 0 Å². The van der Waals surface area contributed by atoms with E-state index in [1.165, 1.54) is 24.3 Å². The maximum atomic E-state index is 13.1. The number of amides is 1. The first kappa shape index (κ1) is 19.1. The number of nitrogens with one attached hydrogen (secondary N) is 1. The Balaban J connectivity index is 1.49. The van der Waals surface area contributed by atoms with Crippen molar-refractivity contribution in [3.05, 3.63) is 54.0 Å². The van der Waals surface area contributed by atoms with Gasteiger partial charge in [0.1, 0.15) is 11.6 Å². The normalized spacial score (nSPS) is 15.6. The smallest absolute Gasteiger partial charge is 0.354 e. The Labute approximate surface area is 153 Å². The molecule has 1 aromatic heterocycles. The molecule has 0 bridgehead atoms. The third-order valence-electron chi connectivity index (χ3n) is 4.25. The van der Waals surface area contributed by atoms with Crippen LogP contribution in [0, 0.1) is 5.82 Å². The van der Waals surface area contributed by atoms with Gasteiger partial charge in [0.15, 0.2) is 0 Å². The predicted octanol–water partition coefficient (Wildman–Crippen LogP) is 3.00. The summed E-state index contributed by atoms with van der Waals surface area (Å²) < 4.78 is 50.9. The van der Waals surface area contributed by atoms with Gasteiger partial charge in [0.2, 0.25) is 5.91 Å². The summed E-state index contributed by atoms with van der Waals surface area (Å²) in [6.07, 6.45) is -3.58. The minimum Gasteiger partial charge on any atom is -0.354 e. The molecule has 27 heavy (non-hydrogen) atoms. The fourth-order valence-corrected chi connectivity index (χ4v) is 2.85. The second-order valence-electron chi connectivity index (χ2n) is 6.22. The molecule has 5 nitrogen and oxygen atoms in total. The van der Waals surface area contributed by atoms with Crippen molar-refractivity contribution in [3.63, 3.8) is 0 Å². The summed E-state index contributed by atoms with van der Waals surface area (Å²) in [5, 5.41) is 2.64. The zero-order valence-corrected chi connectivity index (χ0v) is 14.3. The van der Waals surface area contributed by atoms with Gasteiger partial charge >= 0.3 is 6.18 Å². The number of benzene rings is 1. The lowest BCUT2D eigenvalue weighted by Gasteiger charge is -2.35. The Bertz CT molecular complexity index is 787. The van der Waals surface area contributed by atoms with Crippen molar-refractivity contribution in [1.82, 2.24) is 9.88 Å². The second kappa shape index (κ2) is 7.91. The van der Waals surface area contributed by atoms with Crippen molar-refractivity contribution in [3.8, 4) is 0 Å². The van der Waals surface area contributed by atoms with Crippen LogP contribution in [0.4, 0.5) is 29.1 Å². The van der Waals surface area contributed by atoms with E-state index in [2.05, 4.69) is 10.3 Å². The van der Waals surface area contributed by atoms with Crippen molar-refractivity contribution in [2.75, 3.05) is 42.9 Å². The van der Waals surface area contributed by atoms with E-state index in [0.29, 0.717) is 37.7 Å². The minimum absolute atomic E-state index is 0.158. The highest BCUT2D eigenvalue weighted by Gasteiger charge is 2.31. The number of alkyl halides is 3. The maximum absolute atomic E-state index is 13.1. The molecule has 2 heterocycles. The average Bonchev–Trinajstić information content (AvgIpc) is 2.62. The molecule has 0 unspecified atom stereocenters. The van der Waals surface area contributed by atoms with Crippen molar-refractivity contribution in [2.45, 2.75) is 6.18 Å². The molecule has 0 radical (unpaired) electrons. The first-order chi connectivity index (χ1) is 12.8. The van der Waals surface area contributed by atoms with Gasteiger partial charge in [-0.15, -0.1) is 0 Å². The summed E-state index contributed by atoms with van der Waals surface area (Å²) in [5.74, 6) is -0.195. The Kier molecular flexibility index (Phi) is 5.59. The Morgan fingerprint density at radius 3 is 2.44 bits per heavy atom. The summed E-state index contributed by atoms with van der Waals surface area (Å²) >= 11 is 0. The van der Waals surface area contributed by atoms with E-state index in [-0.39, 0.29) is 12.5 Å². The molecule has 0 saturated carbocycles. The zero-order valence-electron chi connectivity index (χ0n) is 14.3. The molecule has 1 amide bonds. The number of halogens is 4. The largest absolute Gasteiger partial charge is 0.417 e. The van der Waals surface area contributed by atoms with Gasteiger partial charge in [0, 0.05) is 38.1 Å². The van der Waals surface area contributed by atoms with Crippen LogP contribution in [0.25, 0.3) is 0 Å². The number of aromatic nitrogens is 1. The molecule has 0 aliphatic carbocycles. The number of pyridine rings is 1. The summed E-state index contributed by atoms with van der Waals surface area (Å²) in [4.78, 5) is 19.8. The number of hydrogen-bond donors (Lipinski definition) is 1. The molecule has 3 rings (SSSR count). The fourth-order valence-electron chi connectivity index (χ4n) is 2.85. The Morgan fingerprint density at radius 1 is 1.11 bits per heavy atom. The topological polar surface area (TPSA) is 48.5 Å². The highest BCUT2D eigenvalue weighted by Crippen LogP contribution is 2.29. The van der Waals surface area contributed by atoms with Crippen LogP contribution in [0.5, 0.6) is 0 Å². The average molecular weight is 382 g/mol. The van der Waals surface area contributed by atoms with Crippen LogP contribution in [0.2, 0.25) is 0 Å². The standard InChI is InChI=1S/C18H18F4N4O/c19-14-2-1-3-15(10-14)24-17(27)12-25-6-8-26(9-7-25)16-5-4-13(11-23-16)18(20,21)22/h1-5,10-11H,6-9,12H2,(H,24,27). The number of rotatable bonds is 4. The molecular formula is C18H18F4N4O. The maximum Gasteiger partial charge on any atom is 0.417 e. The van der Waals surface area contributed by atoms with E-state index < -0.39 is 17.6 Å². The molecule has 0 atom stereocenters. The van der Waals surface area contributed by atoms with Crippen LogP contribution in [0.3, 0.4) is 0 Å². The number of carbonyl (C=O) groups excluding carboxylic acids is 1. The van der Waals surface area contributed by atoms with Gasteiger partial charge in [-0.2, -0.15) is 13.2 Å². The quantitative estimate of drug-likeness (QED) is 0.826. The van der Waals surface area contributed by atoms with Gasteiger partial charge in [-0.25, -0.2) is 9.37 Å². The lowest BCUT2D eigenvalue weighted by molar-refractivity contribution is -0.137. The van der Waals surface area contributed by atoms with Gasteiger partial charge in [-0.05, 0) is 30.3 Å². The van der Waals surface area contributed by atoms with Gasteiger partial charge in [-0.3, -0.25) is 9.69 Å². The molecule has 1 aromatic carbocycles. The third kappa shape index (κ3) is 5.16. The van der Waals surface area contributed by atoms with Crippen molar-refractivity contribution in [1.29, 1.82) is 0 Å². The fraction of sp³-hybridized carbons (Fsp3) is 0.333. The first-order valence-corrected chi connectivity index (χ1v) is 8.37. The molecule has 9 heteroatoms. The van der Waals surface area contributed by atoms with Crippen molar-refractivity contribution >= 4 is 17.4 Å². The van der Waals surface area contributed by atoms with E-state index in [4.69, 9.17) is 0 Å². The Hall–Kier alpha value is -2.68. The summed E-state index contributed by atoms with van der Waals surface area (Å²) in [5.41, 5.74) is -0.383. The number of anilines is 2. The van der Waals surface area contributed by atoms with Gasteiger partial charge in [0.05, 0.1) is 12.1 Å². The van der Waals surface area contributed by atoms with Crippen LogP contribution in [0.15, 0.2) is 42.6 Å². The number of nitrogens with zero attached hydrogens (tertiary/aromatic N) is 3. The van der Waals surface area contributed by atoms with Gasteiger partial charge < -0.3 is 10.2 Å². The van der Waals surface area contributed by atoms with Gasteiger partial charge in [0.25, 0.3) is 0 Å². The molecule has 0 spiro atoms. The summed E-state index contributed by atoms with van der Waals surface area (Å²) in [7, 11) is 0. The molecule has 1 fully saturated rings. The number of hydrogen-bond acceptors (Lipinski definition) is 4. The third-order valence-corrected chi connectivity index (χ3v) is 4.25. The highest BCUT2D eigenvalue weighted by molar-refractivity contribution is 5.92. The lowest BCUT2D eigenvalue weighted by atomic mass is 10.2. The van der Waals surface area contributed by atoms with E-state index in [1.807, 2.05) is 9.80 Å². The zero-order chi connectivity index (χ0) is 19.4. The first-order valence-electron chi connectivity index (χ1n) is 8.37.